The highest BCUT2D eigenvalue weighted by atomic mass is 19.4. The number of anilines is 2. The van der Waals surface area contributed by atoms with E-state index in [1.165, 1.54) is 0 Å². The molecule has 5 N–H and O–H groups in total. The Balaban J connectivity index is 0.000000867. The van der Waals surface area contributed by atoms with Crippen molar-refractivity contribution in [1.29, 1.82) is 0 Å². The number of aromatic nitrogens is 5. The van der Waals surface area contributed by atoms with Gasteiger partial charge in [-0.05, 0) is 105 Å². The number of carboxylic acid groups (broad SMARTS) is 1. The van der Waals surface area contributed by atoms with Gasteiger partial charge >= 0.3 is 18.2 Å². The van der Waals surface area contributed by atoms with Crippen LogP contribution in [0, 0.1) is 11.8 Å². The fraction of sp³-hybridized carbons (Fsp3) is 0.450. The van der Waals surface area contributed by atoms with E-state index in [9.17, 15) is 27.6 Å². The summed E-state index contributed by atoms with van der Waals surface area (Å²) < 4.78 is 42.6. The number of tetrazole rings is 1. The lowest BCUT2D eigenvalue weighted by atomic mass is 9.81. The lowest BCUT2D eigenvalue weighted by Crippen LogP contribution is -2.52. The summed E-state index contributed by atoms with van der Waals surface area (Å²) in [4.78, 5) is 57.2. The van der Waals surface area contributed by atoms with Gasteiger partial charge in [0.15, 0.2) is 0 Å². The van der Waals surface area contributed by atoms with Crippen LogP contribution in [0.4, 0.5) is 29.5 Å². The van der Waals surface area contributed by atoms with Crippen molar-refractivity contribution in [2.45, 2.75) is 70.7 Å². The first-order valence-electron chi connectivity index (χ1n) is 19.1. The molecule has 1 saturated carbocycles. The number of H-pyrrole nitrogens is 1. The normalized spacial score (nSPS) is 17.5. The zero-order chi connectivity index (χ0) is 42.7. The van der Waals surface area contributed by atoms with Crippen LogP contribution in [0.5, 0.6) is 0 Å². The molecule has 0 spiro atoms. The number of halogens is 3. The molecule has 1 saturated heterocycles. The van der Waals surface area contributed by atoms with Crippen molar-refractivity contribution in [3.8, 4) is 22.5 Å². The number of benzene rings is 2. The lowest BCUT2D eigenvalue weighted by molar-refractivity contribution is -0.192. The van der Waals surface area contributed by atoms with Gasteiger partial charge in [-0.2, -0.15) is 18.4 Å². The molecule has 316 valence electrons. The molecule has 59 heavy (non-hydrogen) atoms. The number of carbonyl (C=O) groups is 4. The Bertz CT molecular complexity index is 2000. The van der Waals surface area contributed by atoms with E-state index in [4.69, 9.17) is 25.1 Å². The Morgan fingerprint density at radius 3 is 2.08 bits per heavy atom. The Morgan fingerprint density at radius 1 is 0.949 bits per heavy atom. The van der Waals surface area contributed by atoms with E-state index in [1.807, 2.05) is 57.3 Å². The van der Waals surface area contributed by atoms with E-state index in [2.05, 4.69) is 41.9 Å². The minimum atomic E-state index is -5.08. The molecular weight excluding hydrogens is 775 g/mol. The SMILES string of the molecule is CC(C)(C)OC(=O)NCC1CCC(C(=O)N(c2ccc(-c3nn[nH]n3)cc2)[C@@H](Cc2ccc(-c3ccc(N4CCOCC4)nc3)cc2)C(N)=O)CC1.O=C(O)C(F)(F)F. The van der Waals surface area contributed by atoms with E-state index < -0.39 is 35.8 Å². The maximum atomic E-state index is 14.4. The molecular formula is C40H48F3N9O7. The summed E-state index contributed by atoms with van der Waals surface area (Å²) in [5, 5.41) is 24.2. The van der Waals surface area contributed by atoms with Crippen LogP contribution in [0.1, 0.15) is 52.0 Å². The molecule has 1 aliphatic carbocycles. The fourth-order valence-electron chi connectivity index (χ4n) is 6.78. The molecule has 0 radical (unpaired) electrons. The van der Waals surface area contributed by atoms with Gasteiger partial charge in [-0.15, -0.1) is 10.2 Å². The summed E-state index contributed by atoms with van der Waals surface area (Å²) in [5.74, 6) is -2.26. The predicted octanol–water partition coefficient (Wildman–Crippen LogP) is 5.16. The average Bonchev–Trinajstić information content (AvgIpc) is 3.76. The number of morpholine rings is 1. The molecule has 16 nitrogen and oxygen atoms in total. The van der Waals surface area contributed by atoms with Gasteiger partial charge in [-0.3, -0.25) is 14.5 Å². The summed E-state index contributed by atoms with van der Waals surface area (Å²) in [6.07, 6.45) is -0.685. The van der Waals surface area contributed by atoms with Crippen molar-refractivity contribution in [3.05, 3.63) is 72.4 Å². The van der Waals surface area contributed by atoms with Gasteiger partial charge in [0, 0.05) is 55.0 Å². The number of alkyl halides is 3. The monoisotopic (exact) mass is 823 g/mol. The van der Waals surface area contributed by atoms with Crippen molar-refractivity contribution >= 4 is 35.4 Å². The number of pyridine rings is 1. The van der Waals surface area contributed by atoms with Gasteiger partial charge in [0.25, 0.3) is 0 Å². The van der Waals surface area contributed by atoms with E-state index in [0.29, 0.717) is 49.7 Å². The maximum Gasteiger partial charge on any atom is 0.490 e. The Hall–Kier alpha value is -6.11. The molecule has 4 aromatic rings. The number of nitrogens with zero attached hydrogens (tertiary/aromatic N) is 6. The molecule has 3 amide bonds. The van der Waals surface area contributed by atoms with E-state index in [-0.39, 0.29) is 24.2 Å². The fourth-order valence-corrected chi connectivity index (χ4v) is 6.78. The molecule has 2 fully saturated rings. The number of hydrogen-bond donors (Lipinski definition) is 4. The number of aromatic amines is 1. The molecule has 1 atom stereocenters. The topological polar surface area (TPSA) is 219 Å². The average molecular weight is 824 g/mol. The smallest absolute Gasteiger partial charge is 0.475 e. The first-order chi connectivity index (χ1) is 28.0. The molecule has 6 rings (SSSR count). The Labute approximate surface area is 338 Å². The number of aliphatic carboxylic acids is 1. The zero-order valence-electron chi connectivity index (χ0n) is 32.9. The molecule has 3 heterocycles. The summed E-state index contributed by atoms with van der Waals surface area (Å²) >= 11 is 0. The summed E-state index contributed by atoms with van der Waals surface area (Å²) in [6, 6.07) is 18.2. The second kappa shape index (κ2) is 19.6. The van der Waals surface area contributed by atoms with Gasteiger partial charge in [-0.25, -0.2) is 14.6 Å². The minimum Gasteiger partial charge on any atom is -0.475 e. The van der Waals surface area contributed by atoms with Crippen LogP contribution in [0.15, 0.2) is 66.9 Å². The zero-order valence-corrected chi connectivity index (χ0v) is 32.9. The first kappa shape index (κ1) is 44.0. The van der Waals surface area contributed by atoms with Crippen LogP contribution in [0.3, 0.4) is 0 Å². The van der Waals surface area contributed by atoms with Crippen LogP contribution in [-0.2, 0) is 30.3 Å². The number of carboxylic acids is 1. The summed E-state index contributed by atoms with van der Waals surface area (Å²) in [5.41, 5.74) is 9.61. The quantitative estimate of drug-likeness (QED) is 0.154. The lowest BCUT2D eigenvalue weighted by Gasteiger charge is -2.36. The maximum absolute atomic E-state index is 14.4. The standard InChI is InChI=1S/C38H47N9O5.C2HF3O2/c1-38(2,3)52-37(50)41-23-26-6-10-29(11-7-26)36(49)47(31-15-12-28(13-16-31)35-42-44-45-43-35)32(34(39)48)22-25-4-8-27(9-5-25)30-14-17-33(40-24-30)46-18-20-51-21-19-46;3-2(4,5)1(6)7/h4-5,8-9,12-17,24,26,29,32H,6-7,10-11,18-23H2,1-3H3,(H2,39,48)(H,41,50)(H,42,43,44,45);(H,6,7)/t26?,29?,32-;/m0./s1. The number of alkyl carbamates (subject to hydrolysis) is 1. The van der Waals surface area contributed by atoms with Crippen molar-refractivity contribution in [3.63, 3.8) is 0 Å². The van der Waals surface area contributed by atoms with Gasteiger partial charge < -0.3 is 30.5 Å². The molecule has 2 aliphatic rings. The second-order valence-corrected chi connectivity index (χ2v) is 15.2. The van der Waals surface area contributed by atoms with E-state index in [0.717, 1.165) is 48.4 Å². The van der Waals surface area contributed by atoms with Gasteiger partial charge in [-0.1, -0.05) is 24.3 Å². The van der Waals surface area contributed by atoms with E-state index in [1.54, 1.807) is 29.2 Å². The Morgan fingerprint density at radius 2 is 1.56 bits per heavy atom. The summed E-state index contributed by atoms with van der Waals surface area (Å²) in [6.45, 7) is 8.99. The third-order valence-corrected chi connectivity index (χ3v) is 9.80. The van der Waals surface area contributed by atoms with Crippen LogP contribution in [0.2, 0.25) is 0 Å². The number of ether oxygens (including phenoxy) is 2. The highest BCUT2D eigenvalue weighted by Gasteiger charge is 2.38. The van der Waals surface area contributed by atoms with Crippen molar-refractivity contribution in [2.24, 2.45) is 17.6 Å². The number of amides is 3. The molecule has 2 aromatic heterocycles. The third kappa shape index (κ3) is 12.7. The number of nitrogens with one attached hydrogen (secondary N) is 2. The predicted molar refractivity (Wildman–Crippen MR) is 210 cm³/mol. The second-order valence-electron chi connectivity index (χ2n) is 15.2. The van der Waals surface area contributed by atoms with Gasteiger partial charge in [0.05, 0.1) is 13.2 Å². The van der Waals surface area contributed by atoms with Crippen molar-refractivity contribution < 1.29 is 46.9 Å². The first-order valence-corrected chi connectivity index (χ1v) is 19.1. The van der Waals surface area contributed by atoms with Crippen molar-refractivity contribution in [1.82, 2.24) is 30.9 Å². The van der Waals surface area contributed by atoms with Gasteiger partial charge in [0.1, 0.15) is 17.5 Å². The number of rotatable bonds is 11. The van der Waals surface area contributed by atoms with Crippen LogP contribution < -0.4 is 20.9 Å². The van der Waals surface area contributed by atoms with Gasteiger partial charge in [0.2, 0.25) is 17.6 Å². The van der Waals surface area contributed by atoms with E-state index >= 15 is 0 Å². The summed E-state index contributed by atoms with van der Waals surface area (Å²) in [7, 11) is 0. The highest BCUT2D eigenvalue weighted by Crippen LogP contribution is 2.33. The largest absolute Gasteiger partial charge is 0.490 e. The molecule has 1 aliphatic heterocycles. The molecule has 0 unspecified atom stereocenters. The molecule has 19 heteroatoms. The molecule has 2 aromatic carbocycles. The van der Waals surface area contributed by atoms with Crippen LogP contribution in [-0.4, -0.2) is 105 Å². The number of carbonyl (C=O) groups excluding carboxylic acids is 3. The minimum absolute atomic E-state index is 0.155. The number of nitrogens with two attached hydrogens (primary N) is 1. The third-order valence-electron chi connectivity index (χ3n) is 9.80. The highest BCUT2D eigenvalue weighted by molar-refractivity contribution is 6.01. The Kier molecular flexibility index (Phi) is 14.6. The van der Waals surface area contributed by atoms with Crippen LogP contribution in [0.25, 0.3) is 22.5 Å². The molecule has 0 bridgehead atoms. The number of hydrogen-bond acceptors (Lipinski definition) is 11. The van der Waals surface area contributed by atoms with Crippen molar-refractivity contribution in [2.75, 3.05) is 42.6 Å². The number of primary amides is 1. The van der Waals surface area contributed by atoms with Crippen LogP contribution >= 0.6 is 0 Å².